The van der Waals surface area contributed by atoms with Crippen molar-refractivity contribution in [2.75, 3.05) is 44.7 Å². The summed E-state index contributed by atoms with van der Waals surface area (Å²) in [6.07, 6.45) is 1.57. The van der Waals surface area contributed by atoms with Gasteiger partial charge in [-0.1, -0.05) is 12.1 Å². The molecule has 1 aromatic heterocycles. The Kier molecular flexibility index (Phi) is 4.75. The standard InChI is InChI=1S/C17H22FN3O2/c1-17(22,12-21-7-9-23-10-8-21)11-20-15-5-6-19-16-13(15)3-2-4-14(16)18/h2-6,22H,7-12H2,1H3,(H,19,20). The number of para-hydroxylation sites is 1. The fraction of sp³-hybridized carbons (Fsp3) is 0.471. The van der Waals surface area contributed by atoms with Gasteiger partial charge in [-0.2, -0.15) is 0 Å². The number of fused-ring (bicyclic) bond motifs is 1. The normalized spacial score (nSPS) is 18.7. The lowest BCUT2D eigenvalue weighted by atomic mass is 10.1. The average Bonchev–Trinajstić information content (AvgIpc) is 2.54. The van der Waals surface area contributed by atoms with Gasteiger partial charge in [0.15, 0.2) is 0 Å². The van der Waals surface area contributed by atoms with Crippen molar-refractivity contribution >= 4 is 16.6 Å². The largest absolute Gasteiger partial charge is 0.387 e. The third-order valence-corrected chi connectivity index (χ3v) is 4.05. The van der Waals surface area contributed by atoms with Crippen molar-refractivity contribution in [3.05, 3.63) is 36.3 Å². The van der Waals surface area contributed by atoms with Crippen molar-refractivity contribution in [2.24, 2.45) is 0 Å². The number of nitrogens with zero attached hydrogens (tertiary/aromatic N) is 2. The molecule has 5 nitrogen and oxygen atoms in total. The van der Waals surface area contributed by atoms with Crippen LogP contribution in [0.1, 0.15) is 6.92 Å². The number of rotatable bonds is 5. The van der Waals surface area contributed by atoms with Gasteiger partial charge in [-0.25, -0.2) is 4.39 Å². The monoisotopic (exact) mass is 319 g/mol. The van der Waals surface area contributed by atoms with Crippen molar-refractivity contribution in [1.29, 1.82) is 0 Å². The zero-order valence-electron chi connectivity index (χ0n) is 13.3. The summed E-state index contributed by atoms with van der Waals surface area (Å²) >= 11 is 0. The first kappa shape index (κ1) is 16.1. The molecule has 1 aromatic carbocycles. The number of pyridine rings is 1. The third kappa shape index (κ3) is 3.96. The van der Waals surface area contributed by atoms with Crippen LogP contribution in [0.5, 0.6) is 0 Å². The van der Waals surface area contributed by atoms with Crippen LogP contribution in [0.2, 0.25) is 0 Å². The molecule has 0 spiro atoms. The van der Waals surface area contributed by atoms with E-state index >= 15 is 0 Å². The fourth-order valence-electron chi connectivity index (χ4n) is 2.88. The number of hydrogen-bond donors (Lipinski definition) is 2. The molecule has 124 valence electrons. The van der Waals surface area contributed by atoms with Gasteiger partial charge in [0.1, 0.15) is 11.3 Å². The predicted molar refractivity (Wildman–Crippen MR) is 88.1 cm³/mol. The van der Waals surface area contributed by atoms with Crippen LogP contribution in [0.4, 0.5) is 10.1 Å². The smallest absolute Gasteiger partial charge is 0.149 e. The zero-order chi connectivity index (χ0) is 16.3. The molecule has 23 heavy (non-hydrogen) atoms. The molecule has 0 amide bonds. The molecule has 1 saturated heterocycles. The maximum absolute atomic E-state index is 13.8. The Morgan fingerprint density at radius 3 is 2.91 bits per heavy atom. The Hall–Kier alpha value is -1.76. The lowest BCUT2D eigenvalue weighted by molar-refractivity contribution is -0.0163. The van der Waals surface area contributed by atoms with E-state index in [4.69, 9.17) is 4.74 Å². The van der Waals surface area contributed by atoms with Gasteiger partial charge in [0, 0.05) is 43.4 Å². The average molecular weight is 319 g/mol. The van der Waals surface area contributed by atoms with Gasteiger partial charge < -0.3 is 15.2 Å². The molecule has 1 unspecified atom stereocenters. The lowest BCUT2D eigenvalue weighted by Crippen LogP contribution is -2.49. The van der Waals surface area contributed by atoms with Gasteiger partial charge in [-0.3, -0.25) is 9.88 Å². The van der Waals surface area contributed by atoms with E-state index in [-0.39, 0.29) is 5.82 Å². The third-order valence-electron chi connectivity index (χ3n) is 4.05. The van der Waals surface area contributed by atoms with Gasteiger partial charge >= 0.3 is 0 Å². The van der Waals surface area contributed by atoms with Gasteiger partial charge in [0.2, 0.25) is 0 Å². The topological polar surface area (TPSA) is 57.6 Å². The summed E-state index contributed by atoms with van der Waals surface area (Å²) in [5.41, 5.74) is 0.224. The Bertz CT molecular complexity index is 672. The van der Waals surface area contributed by atoms with E-state index in [9.17, 15) is 9.50 Å². The number of aliphatic hydroxyl groups is 1. The highest BCUT2D eigenvalue weighted by Gasteiger charge is 2.25. The number of hydrogen-bond acceptors (Lipinski definition) is 5. The van der Waals surface area contributed by atoms with E-state index < -0.39 is 5.60 Å². The van der Waals surface area contributed by atoms with Crippen molar-refractivity contribution < 1.29 is 14.2 Å². The molecule has 0 saturated carbocycles. The van der Waals surface area contributed by atoms with Crippen LogP contribution in [0.15, 0.2) is 30.5 Å². The van der Waals surface area contributed by atoms with Crippen molar-refractivity contribution in [3.8, 4) is 0 Å². The van der Waals surface area contributed by atoms with Gasteiger partial charge in [0.25, 0.3) is 0 Å². The SMILES string of the molecule is CC(O)(CNc1ccnc2c(F)cccc12)CN1CCOCC1. The van der Waals surface area contributed by atoms with Crippen molar-refractivity contribution in [2.45, 2.75) is 12.5 Å². The molecule has 1 atom stereocenters. The Morgan fingerprint density at radius 1 is 1.35 bits per heavy atom. The Labute approximate surface area is 135 Å². The molecule has 6 heteroatoms. The van der Waals surface area contributed by atoms with E-state index in [1.54, 1.807) is 25.3 Å². The maximum Gasteiger partial charge on any atom is 0.149 e. The van der Waals surface area contributed by atoms with Gasteiger partial charge in [-0.15, -0.1) is 0 Å². The first-order valence-electron chi connectivity index (χ1n) is 7.85. The molecule has 0 aliphatic carbocycles. The van der Waals surface area contributed by atoms with E-state index in [2.05, 4.69) is 15.2 Å². The first-order valence-corrected chi connectivity index (χ1v) is 7.85. The summed E-state index contributed by atoms with van der Waals surface area (Å²) in [6.45, 7) is 5.83. The number of anilines is 1. The van der Waals surface area contributed by atoms with E-state index in [1.165, 1.54) is 6.07 Å². The Morgan fingerprint density at radius 2 is 2.13 bits per heavy atom. The molecule has 0 radical (unpaired) electrons. The van der Waals surface area contributed by atoms with Crippen LogP contribution in [-0.2, 0) is 4.74 Å². The fourth-order valence-corrected chi connectivity index (χ4v) is 2.88. The number of ether oxygens (including phenoxy) is 1. The highest BCUT2D eigenvalue weighted by atomic mass is 19.1. The van der Waals surface area contributed by atoms with E-state index in [0.717, 1.165) is 24.2 Å². The van der Waals surface area contributed by atoms with Crippen LogP contribution in [0, 0.1) is 5.82 Å². The van der Waals surface area contributed by atoms with Gasteiger partial charge in [-0.05, 0) is 19.1 Å². The second kappa shape index (κ2) is 6.78. The van der Waals surface area contributed by atoms with E-state index in [1.807, 2.05) is 6.07 Å². The van der Waals surface area contributed by atoms with E-state index in [0.29, 0.717) is 31.8 Å². The minimum absolute atomic E-state index is 0.338. The summed E-state index contributed by atoms with van der Waals surface area (Å²) in [5.74, 6) is -0.341. The Balaban J connectivity index is 1.68. The number of β-amino-alcohol motifs (C(OH)–C–C–N with tert-alkyl or cyclic N) is 1. The van der Waals surface area contributed by atoms with Gasteiger partial charge in [0.05, 0.1) is 18.8 Å². The van der Waals surface area contributed by atoms with Crippen molar-refractivity contribution in [3.63, 3.8) is 0 Å². The zero-order valence-corrected chi connectivity index (χ0v) is 13.3. The summed E-state index contributed by atoms with van der Waals surface area (Å²) in [5, 5.41) is 14.6. The van der Waals surface area contributed by atoms with Crippen molar-refractivity contribution in [1.82, 2.24) is 9.88 Å². The van der Waals surface area contributed by atoms with Crippen LogP contribution < -0.4 is 5.32 Å². The quantitative estimate of drug-likeness (QED) is 0.881. The number of morpholine rings is 1. The van der Waals surface area contributed by atoms with Crippen LogP contribution in [0.3, 0.4) is 0 Å². The second-order valence-corrected chi connectivity index (χ2v) is 6.23. The van der Waals surface area contributed by atoms with Crippen LogP contribution in [0.25, 0.3) is 10.9 Å². The number of nitrogens with one attached hydrogen (secondary N) is 1. The molecular weight excluding hydrogens is 297 g/mol. The molecule has 1 fully saturated rings. The maximum atomic E-state index is 13.8. The molecule has 0 bridgehead atoms. The number of aromatic nitrogens is 1. The lowest BCUT2D eigenvalue weighted by Gasteiger charge is -2.34. The molecule has 1 aliphatic heterocycles. The minimum Gasteiger partial charge on any atom is -0.387 e. The summed E-state index contributed by atoms with van der Waals surface area (Å²) < 4.78 is 19.1. The van der Waals surface area contributed by atoms with Crippen LogP contribution >= 0.6 is 0 Å². The first-order chi connectivity index (χ1) is 11.1. The molecule has 2 aromatic rings. The molecule has 2 heterocycles. The summed E-state index contributed by atoms with van der Waals surface area (Å²) in [7, 11) is 0. The number of benzene rings is 1. The predicted octanol–water partition coefficient (Wildman–Crippen LogP) is 1.87. The molecule has 3 rings (SSSR count). The highest BCUT2D eigenvalue weighted by molar-refractivity contribution is 5.91. The second-order valence-electron chi connectivity index (χ2n) is 6.23. The summed E-state index contributed by atoms with van der Waals surface area (Å²) in [6, 6.07) is 6.68. The molecular formula is C17H22FN3O2. The molecule has 2 N–H and O–H groups in total. The van der Waals surface area contributed by atoms with Crippen LogP contribution in [-0.4, -0.2) is 60.0 Å². The minimum atomic E-state index is -0.889. The number of halogens is 1. The summed E-state index contributed by atoms with van der Waals surface area (Å²) in [4.78, 5) is 6.27. The highest BCUT2D eigenvalue weighted by Crippen LogP contribution is 2.24. The molecule has 1 aliphatic rings.